The Hall–Kier alpha value is -3.49. The average Bonchev–Trinajstić information content (AvgIpc) is 3.31. The number of H-pyrrole nitrogens is 1. The largest absolute Gasteiger partial charge is 0.309 e. The smallest absolute Gasteiger partial charge is 0.278 e. The lowest BCUT2D eigenvalue weighted by atomic mass is 10.1. The highest BCUT2D eigenvalue weighted by atomic mass is 19.1. The van der Waals surface area contributed by atoms with Crippen LogP contribution in [0, 0.1) is 5.82 Å². The van der Waals surface area contributed by atoms with Gasteiger partial charge in [-0.05, 0) is 63.1 Å². The Bertz CT molecular complexity index is 1030. The van der Waals surface area contributed by atoms with Crippen LogP contribution in [0.2, 0.25) is 0 Å². The molecule has 0 bridgehead atoms. The first-order chi connectivity index (χ1) is 14.2. The van der Waals surface area contributed by atoms with Gasteiger partial charge in [0.05, 0.1) is 11.2 Å². The summed E-state index contributed by atoms with van der Waals surface area (Å²) in [6, 6.07) is 9.51. The number of aromatic nitrogens is 4. The van der Waals surface area contributed by atoms with Gasteiger partial charge in [0.2, 0.25) is 5.96 Å². The molecule has 0 spiro atoms. The van der Waals surface area contributed by atoms with Crippen molar-refractivity contribution in [2.24, 2.45) is 4.99 Å². The molecule has 0 fully saturated rings. The number of benzene rings is 1. The number of amides is 1. The first kappa shape index (κ1) is 21.2. The average molecular weight is 411 g/mol. The Kier molecular flexibility index (Phi) is 6.29. The molecule has 1 amide bonds. The van der Waals surface area contributed by atoms with Crippen molar-refractivity contribution in [1.29, 1.82) is 0 Å². The Morgan fingerprint density at radius 3 is 2.63 bits per heavy atom. The first-order valence-corrected chi connectivity index (χ1v) is 9.76. The first-order valence-electron chi connectivity index (χ1n) is 9.76. The van der Waals surface area contributed by atoms with Crippen LogP contribution in [-0.4, -0.2) is 37.4 Å². The molecule has 0 unspecified atom stereocenters. The molecule has 0 aliphatic rings. The molecule has 9 heteroatoms. The summed E-state index contributed by atoms with van der Waals surface area (Å²) in [5.74, 6) is 0.0544. The van der Waals surface area contributed by atoms with Crippen molar-refractivity contribution in [1.82, 2.24) is 25.3 Å². The topological polar surface area (TPSA) is 100.0 Å². The fraction of sp³-hybridized carbons (Fsp3) is 0.333. The van der Waals surface area contributed by atoms with Crippen molar-refractivity contribution >= 4 is 17.7 Å². The zero-order valence-electron chi connectivity index (χ0n) is 17.5. The van der Waals surface area contributed by atoms with E-state index in [-0.39, 0.29) is 17.7 Å². The summed E-state index contributed by atoms with van der Waals surface area (Å²) in [7, 11) is 0. The van der Waals surface area contributed by atoms with Gasteiger partial charge in [0.25, 0.3) is 5.91 Å². The zero-order chi connectivity index (χ0) is 21.7. The van der Waals surface area contributed by atoms with Gasteiger partial charge in [-0.1, -0.05) is 6.92 Å². The van der Waals surface area contributed by atoms with E-state index in [1.807, 2.05) is 27.7 Å². The number of anilines is 1. The van der Waals surface area contributed by atoms with Gasteiger partial charge in [-0.25, -0.2) is 9.38 Å². The number of aryl methyl sites for hydroxylation is 1. The van der Waals surface area contributed by atoms with Crippen LogP contribution in [-0.2, 0) is 6.54 Å². The molecule has 3 aromatic rings. The summed E-state index contributed by atoms with van der Waals surface area (Å²) < 4.78 is 14.9. The number of hydrogen-bond acceptors (Lipinski definition) is 4. The molecule has 2 heterocycles. The number of hydrogen-bond donors (Lipinski definition) is 3. The number of carbonyl (C=O) groups excluding carboxylic acids is 1. The predicted molar refractivity (Wildman–Crippen MR) is 115 cm³/mol. The molecule has 3 rings (SSSR count). The third kappa shape index (κ3) is 5.76. The van der Waals surface area contributed by atoms with Crippen LogP contribution >= 0.6 is 0 Å². The molecule has 0 saturated carbocycles. The molecule has 0 saturated heterocycles. The van der Waals surface area contributed by atoms with Gasteiger partial charge < -0.3 is 5.32 Å². The third-order valence-corrected chi connectivity index (χ3v) is 3.98. The number of aliphatic imine (C=N–C) groups is 1. The second kappa shape index (κ2) is 8.89. The second-order valence-corrected chi connectivity index (χ2v) is 7.85. The summed E-state index contributed by atoms with van der Waals surface area (Å²) in [5, 5.41) is 17.2. The van der Waals surface area contributed by atoms with E-state index in [1.54, 1.807) is 35.1 Å². The molecule has 30 heavy (non-hydrogen) atoms. The lowest BCUT2D eigenvalue weighted by molar-refractivity contribution is 0.0971. The summed E-state index contributed by atoms with van der Waals surface area (Å²) in [4.78, 5) is 17.2. The molecule has 0 atom stereocenters. The molecule has 1 aromatic carbocycles. The van der Waals surface area contributed by atoms with Crippen molar-refractivity contribution in [2.45, 2.75) is 46.2 Å². The van der Waals surface area contributed by atoms with E-state index < -0.39 is 5.54 Å². The Morgan fingerprint density at radius 1 is 1.23 bits per heavy atom. The summed E-state index contributed by atoms with van der Waals surface area (Å²) in [6.07, 6.45) is 2.70. The van der Waals surface area contributed by atoms with Crippen LogP contribution in [0.4, 0.5) is 10.2 Å². The van der Waals surface area contributed by atoms with E-state index in [4.69, 9.17) is 0 Å². The molecule has 8 nitrogen and oxygen atoms in total. The van der Waals surface area contributed by atoms with Gasteiger partial charge in [-0.3, -0.25) is 19.9 Å². The van der Waals surface area contributed by atoms with Crippen LogP contribution in [0.5, 0.6) is 0 Å². The van der Waals surface area contributed by atoms with Gasteiger partial charge in [-0.2, -0.15) is 10.2 Å². The van der Waals surface area contributed by atoms with E-state index in [0.29, 0.717) is 17.2 Å². The minimum atomic E-state index is -0.437. The normalized spacial score (nSPS) is 12.1. The maximum Gasteiger partial charge on any atom is 0.278 e. The fourth-order valence-corrected chi connectivity index (χ4v) is 2.71. The number of halogens is 1. The molecular weight excluding hydrogens is 385 g/mol. The highest BCUT2D eigenvalue weighted by Crippen LogP contribution is 2.20. The van der Waals surface area contributed by atoms with E-state index in [0.717, 1.165) is 18.5 Å². The number of nitrogens with one attached hydrogen (secondary N) is 3. The molecule has 3 N–H and O–H groups in total. The molecule has 0 radical (unpaired) electrons. The summed E-state index contributed by atoms with van der Waals surface area (Å²) in [5.41, 5.74) is 1.36. The lowest BCUT2D eigenvalue weighted by Gasteiger charge is -2.16. The van der Waals surface area contributed by atoms with E-state index >= 15 is 0 Å². The van der Waals surface area contributed by atoms with Crippen LogP contribution < -0.4 is 10.6 Å². The van der Waals surface area contributed by atoms with Crippen molar-refractivity contribution < 1.29 is 9.18 Å². The standard InChI is InChI=1S/C21H26FN7O/c1-5-11-29-12-10-16(28-29)19(30)24-20(25-21(2,3)4)23-18-13-17(26-27-18)14-6-8-15(22)9-7-14/h6-10,12-13H,5,11H2,1-4H3,(H3,23,24,25,26,27,30). The minimum absolute atomic E-state index is 0.259. The molecule has 0 aliphatic heterocycles. The van der Waals surface area contributed by atoms with E-state index in [1.165, 1.54) is 12.1 Å². The van der Waals surface area contributed by atoms with Gasteiger partial charge in [0.15, 0.2) is 11.5 Å². The maximum atomic E-state index is 13.1. The number of aromatic amines is 1. The third-order valence-electron chi connectivity index (χ3n) is 3.98. The van der Waals surface area contributed by atoms with Gasteiger partial charge >= 0.3 is 0 Å². The van der Waals surface area contributed by atoms with Crippen LogP contribution in [0.25, 0.3) is 11.3 Å². The lowest BCUT2D eigenvalue weighted by Crippen LogP contribution is -2.38. The van der Waals surface area contributed by atoms with Crippen molar-refractivity contribution in [3.05, 3.63) is 54.1 Å². The number of nitrogens with zero attached hydrogens (tertiary/aromatic N) is 4. The predicted octanol–water partition coefficient (Wildman–Crippen LogP) is 3.82. The van der Waals surface area contributed by atoms with Gasteiger partial charge in [0, 0.05) is 18.8 Å². The number of carbonyl (C=O) groups is 1. The SMILES string of the molecule is CCCn1ccc(C(=O)NC(=NC(C)(C)C)Nc2cc(-c3ccc(F)cc3)[nH]n2)n1. The van der Waals surface area contributed by atoms with Crippen molar-refractivity contribution in [2.75, 3.05) is 5.32 Å². The van der Waals surface area contributed by atoms with Gasteiger partial charge in [-0.15, -0.1) is 0 Å². The fourth-order valence-electron chi connectivity index (χ4n) is 2.71. The van der Waals surface area contributed by atoms with E-state index in [9.17, 15) is 9.18 Å². The van der Waals surface area contributed by atoms with Crippen LogP contribution in [0.3, 0.4) is 0 Å². The maximum absolute atomic E-state index is 13.1. The minimum Gasteiger partial charge on any atom is -0.309 e. The molecule has 2 aromatic heterocycles. The Balaban J connectivity index is 1.77. The van der Waals surface area contributed by atoms with Crippen LogP contribution in [0.15, 0.2) is 47.6 Å². The Morgan fingerprint density at radius 2 is 1.97 bits per heavy atom. The molecular formula is C21H26FN7O. The monoisotopic (exact) mass is 411 g/mol. The highest BCUT2D eigenvalue weighted by Gasteiger charge is 2.17. The highest BCUT2D eigenvalue weighted by molar-refractivity contribution is 6.09. The quantitative estimate of drug-likeness (QED) is 0.439. The van der Waals surface area contributed by atoms with E-state index in [2.05, 4.69) is 30.9 Å². The zero-order valence-corrected chi connectivity index (χ0v) is 17.5. The summed E-state index contributed by atoms with van der Waals surface area (Å²) >= 11 is 0. The molecule has 158 valence electrons. The molecule has 0 aliphatic carbocycles. The second-order valence-electron chi connectivity index (χ2n) is 7.85. The number of guanidine groups is 1. The Labute approximate surface area is 174 Å². The number of rotatable bonds is 5. The van der Waals surface area contributed by atoms with Crippen LogP contribution in [0.1, 0.15) is 44.6 Å². The van der Waals surface area contributed by atoms with Crippen molar-refractivity contribution in [3.8, 4) is 11.3 Å². The summed E-state index contributed by atoms with van der Waals surface area (Å²) in [6.45, 7) is 8.55. The van der Waals surface area contributed by atoms with Crippen molar-refractivity contribution in [3.63, 3.8) is 0 Å². The van der Waals surface area contributed by atoms with Gasteiger partial charge in [0.1, 0.15) is 5.82 Å².